The summed E-state index contributed by atoms with van der Waals surface area (Å²) in [6.45, 7) is 2.49. The summed E-state index contributed by atoms with van der Waals surface area (Å²) >= 11 is 0. The lowest BCUT2D eigenvalue weighted by Crippen LogP contribution is -2.31. The summed E-state index contributed by atoms with van der Waals surface area (Å²) in [5.74, 6) is -3.49. The molecule has 0 bridgehead atoms. The van der Waals surface area contributed by atoms with Crippen LogP contribution in [0.4, 0.5) is 0 Å². The first kappa shape index (κ1) is 27.6. The Bertz CT molecular complexity index is 1420. The van der Waals surface area contributed by atoms with E-state index in [1.165, 1.54) is 38.1 Å². The summed E-state index contributed by atoms with van der Waals surface area (Å²) in [5.41, 5.74) is -0.0732. The van der Waals surface area contributed by atoms with Gasteiger partial charge in [-0.15, -0.1) is 0 Å². The molecule has 0 radical (unpaired) electrons. The summed E-state index contributed by atoms with van der Waals surface area (Å²) in [6, 6.07) is 7.12. The van der Waals surface area contributed by atoms with E-state index in [0.29, 0.717) is 0 Å². The fraction of sp³-hybridized carbons (Fsp3) is 0.308. The van der Waals surface area contributed by atoms with Crippen molar-refractivity contribution < 1.29 is 46.7 Å². The van der Waals surface area contributed by atoms with Crippen LogP contribution in [-0.4, -0.2) is 80.1 Å². The molecule has 0 saturated heterocycles. The molecule has 2 aromatic rings. The average Bonchev–Trinajstić information content (AvgIpc) is 3.27. The van der Waals surface area contributed by atoms with E-state index in [-0.39, 0.29) is 71.2 Å². The summed E-state index contributed by atoms with van der Waals surface area (Å²) < 4.78 is 36.4. The van der Waals surface area contributed by atoms with E-state index in [2.05, 4.69) is 0 Å². The zero-order valence-corrected chi connectivity index (χ0v) is 21.9. The summed E-state index contributed by atoms with van der Waals surface area (Å²) in [5, 5.41) is 0. The van der Waals surface area contributed by atoms with Crippen molar-refractivity contribution in [1.29, 1.82) is 0 Å². The Morgan fingerprint density at radius 1 is 0.641 bits per heavy atom. The molecule has 4 rings (SSSR count). The predicted octanol–water partition coefficient (Wildman–Crippen LogP) is 1.62. The molecule has 4 amide bonds. The maximum Gasteiger partial charge on any atom is 0.302 e. The number of fused-ring (bicyclic) bond motifs is 2. The van der Waals surface area contributed by atoms with Crippen molar-refractivity contribution in [2.24, 2.45) is 0 Å². The van der Waals surface area contributed by atoms with Gasteiger partial charge in [-0.25, -0.2) is 8.42 Å². The molecular weight excluding hydrogens is 532 g/mol. The highest BCUT2D eigenvalue weighted by Crippen LogP contribution is 2.31. The van der Waals surface area contributed by atoms with Gasteiger partial charge in [-0.2, -0.15) is 0 Å². The van der Waals surface area contributed by atoms with E-state index in [1.54, 1.807) is 0 Å². The van der Waals surface area contributed by atoms with Crippen LogP contribution in [0.2, 0.25) is 0 Å². The van der Waals surface area contributed by atoms with E-state index >= 15 is 0 Å². The van der Waals surface area contributed by atoms with Crippen molar-refractivity contribution in [2.75, 3.05) is 26.3 Å². The van der Waals surface area contributed by atoms with Gasteiger partial charge in [0.1, 0.15) is 0 Å². The van der Waals surface area contributed by atoms with Crippen molar-refractivity contribution >= 4 is 45.4 Å². The molecule has 0 saturated carbocycles. The van der Waals surface area contributed by atoms with Gasteiger partial charge >= 0.3 is 11.9 Å². The largest absolute Gasteiger partial charge is 0.466 e. The third kappa shape index (κ3) is 5.30. The third-order valence-corrected chi connectivity index (χ3v) is 7.92. The number of hydrogen-bond acceptors (Lipinski definition) is 10. The van der Waals surface area contributed by atoms with Gasteiger partial charge in [0.25, 0.3) is 23.6 Å². The Morgan fingerprint density at radius 3 is 1.36 bits per heavy atom. The number of hydrogen-bond donors (Lipinski definition) is 0. The van der Waals surface area contributed by atoms with E-state index in [4.69, 9.17) is 9.47 Å². The van der Waals surface area contributed by atoms with Gasteiger partial charge in [0.2, 0.25) is 9.84 Å². The van der Waals surface area contributed by atoms with Crippen molar-refractivity contribution in [3.8, 4) is 0 Å². The van der Waals surface area contributed by atoms with E-state index in [9.17, 15) is 37.2 Å². The molecule has 0 N–H and O–H groups in total. The number of benzene rings is 2. The summed E-state index contributed by atoms with van der Waals surface area (Å²) in [7, 11) is -4.24. The first-order chi connectivity index (χ1) is 18.4. The molecule has 39 heavy (non-hydrogen) atoms. The number of ether oxygens (including phenoxy) is 2. The van der Waals surface area contributed by atoms with E-state index in [1.807, 2.05) is 0 Å². The van der Waals surface area contributed by atoms with E-state index in [0.717, 1.165) is 21.9 Å². The lowest BCUT2D eigenvalue weighted by atomic mass is 10.1. The molecule has 2 aromatic carbocycles. The number of imide groups is 2. The fourth-order valence-electron chi connectivity index (χ4n) is 4.29. The van der Waals surface area contributed by atoms with Crippen LogP contribution in [0.3, 0.4) is 0 Å². The minimum absolute atomic E-state index is 0.0138. The number of rotatable bonds is 10. The minimum Gasteiger partial charge on any atom is -0.466 e. The molecule has 0 spiro atoms. The molecule has 2 aliphatic heterocycles. The molecule has 0 aliphatic carbocycles. The summed E-state index contributed by atoms with van der Waals surface area (Å²) in [6.07, 6.45) is 0.442. The van der Waals surface area contributed by atoms with Gasteiger partial charge in [-0.3, -0.25) is 38.6 Å². The Labute approximate surface area is 223 Å². The van der Waals surface area contributed by atoms with Gasteiger partial charge in [-0.05, 0) is 49.2 Å². The van der Waals surface area contributed by atoms with Crippen LogP contribution in [-0.2, 0) is 28.9 Å². The van der Waals surface area contributed by atoms with Crippen molar-refractivity contribution in [2.45, 2.75) is 36.5 Å². The number of nitrogens with zero attached hydrogens (tertiary/aromatic N) is 2. The van der Waals surface area contributed by atoms with Crippen LogP contribution in [0, 0.1) is 0 Å². The highest BCUT2D eigenvalue weighted by Gasteiger charge is 2.38. The van der Waals surface area contributed by atoms with Crippen LogP contribution in [0.15, 0.2) is 46.2 Å². The van der Waals surface area contributed by atoms with Gasteiger partial charge < -0.3 is 9.47 Å². The first-order valence-corrected chi connectivity index (χ1v) is 13.4. The molecule has 0 unspecified atom stereocenters. The van der Waals surface area contributed by atoms with Crippen LogP contribution in [0.5, 0.6) is 0 Å². The zero-order valence-electron chi connectivity index (χ0n) is 21.1. The standard InChI is InChI=1S/C26H24N2O10S/c1-15(29)37-11-3-9-27-23(31)19-7-5-17(13-21(19)25(27)33)39(35,36)18-6-8-20-22(14-18)26(34)28(24(20)32)10-4-12-38-16(2)30/h5-8,13-14H,3-4,9-12H2,1-2H3. The van der Waals surface area contributed by atoms with Crippen LogP contribution < -0.4 is 0 Å². The van der Waals surface area contributed by atoms with Gasteiger partial charge in [0, 0.05) is 26.9 Å². The highest BCUT2D eigenvalue weighted by atomic mass is 32.2. The molecule has 2 aliphatic rings. The minimum atomic E-state index is -4.24. The number of sulfone groups is 1. The van der Waals surface area contributed by atoms with Crippen molar-refractivity contribution in [3.63, 3.8) is 0 Å². The maximum absolute atomic E-state index is 13.4. The summed E-state index contributed by atoms with van der Waals surface area (Å²) in [4.78, 5) is 74.2. The maximum atomic E-state index is 13.4. The lowest BCUT2D eigenvalue weighted by molar-refractivity contribution is -0.142. The van der Waals surface area contributed by atoms with Crippen molar-refractivity contribution in [1.82, 2.24) is 9.80 Å². The second-order valence-corrected chi connectivity index (χ2v) is 10.8. The van der Waals surface area contributed by atoms with Crippen molar-refractivity contribution in [3.05, 3.63) is 58.7 Å². The Hall–Kier alpha value is -4.39. The molecule has 2 heterocycles. The van der Waals surface area contributed by atoms with E-state index < -0.39 is 45.4 Å². The molecule has 0 fully saturated rings. The number of carbonyl (C=O) groups is 6. The van der Waals surface area contributed by atoms with Crippen LogP contribution >= 0.6 is 0 Å². The molecular formula is C26H24N2O10S. The Morgan fingerprint density at radius 2 is 1.00 bits per heavy atom. The molecule has 12 nitrogen and oxygen atoms in total. The SMILES string of the molecule is CC(=O)OCCCN1C(=O)c2ccc(S(=O)(=O)c3ccc4c(c3)C(=O)N(CCCOC(C)=O)C4=O)cc2C1=O. The molecule has 204 valence electrons. The normalized spacial score (nSPS) is 14.5. The monoisotopic (exact) mass is 556 g/mol. The fourth-order valence-corrected chi connectivity index (χ4v) is 5.61. The smallest absolute Gasteiger partial charge is 0.302 e. The number of carbonyl (C=O) groups excluding carboxylic acids is 6. The number of amides is 4. The van der Waals surface area contributed by atoms with Gasteiger partial charge in [-0.1, -0.05) is 0 Å². The molecule has 13 heteroatoms. The molecule has 0 aromatic heterocycles. The Kier molecular flexibility index (Phi) is 7.63. The lowest BCUT2D eigenvalue weighted by Gasteiger charge is -2.13. The first-order valence-electron chi connectivity index (χ1n) is 12.0. The Balaban J connectivity index is 1.54. The van der Waals surface area contributed by atoms with Gasteiger partial charge in [0.15, 0.2) is 0 Å². The highest BCUT2D eigenvalue weighted by molar-refractivity contribution is 7.91. The molecule has 0 atom stereocenters. The predicted molar refractivity (Wildman–Crippen MR) is 132 cm³/mol. The average molecular weight is 557 g/mol. The topological polar surface area (TPSA) is 161 Å². The quantitative estimate of drug-likeness (QED) is 0.239. The second kappa shape index (κ2) is 10.8. The van der Waals surface area contributed by atoms with Gasteiger partial charge in [0.05, 0.1) is 45.3 Å². The zero-order chi connectivity index (χ0) is 28.5. The van der Waals surface area contributed by atoms with Crippen LogP contribution in [0.1, 0.15) is 68.1 Å². The third-order valence-electron chi connectivity index (χ3n) is 6.17. The second-order valence-electron chi connectivity index (χ2n) is 8.83. The van der Waals surface area contributed by atoms with Crippen LogP contribution in [0.25, 0.3) is 0 Å². The number of esters is 2.